The van der Waals surface area contributed by atoms with E-state index in [-0.39, 0.29) is 5.97 Å². The van der Waals surface area contributed by atoms with E-state index in [2.05, 4.69) is 6.58 Å². The van der Waals surface area contributed by atoms with E-state index in [4.69, 9.17) is 14.5 Å². The van der Waals surface area contributed by atoms with Gasteiger partial charge in [-0.25, -0.2) is 14.6 Å². The molecule has 0 amide bonds. The summed E-state index contributed by atoms with van der Waals surface area (Å²) < 4.78 is 5.09. The summed E-state index contributed by atoms with van der Waals surface area (Å²) in [7, 11) is 0. The van der Waals surface area contributed by atoms with Crippen LogP contribution in [0.25, 0.3) is 0 Å². The lowest BCUT2D eigenvalue weighted by Crippen LogP contribution is -2.46. The molecule has 1 fully saturated rings. The molecule has 0 radical (unpaired) electrons. The highest BCUT2D eigenvalue weighted by atomic mass is 17.2. The minimum atomic E-state index is -1.13. The van der Waals surface area contributed by atoms with Crippen LogP contribution in [-0.2, 0) is 19.3 Å². The molecule has 0 aromatic heterocycles. The minimum Gasteiger partial charge on any atom is -0.423 e. The van der Waals surface area contributed by atoms with Crippen molar-refractivity contribution in [2.24, 2.45) is 0 Å². The molecule has 1 N–H and O–H groups in total. The lowest BCUT2D eigenvalue weighted by Gasteiger charge is -2.38. The fourth-order valence-electron chi connectivity index (χ4n) is 2.15. The molecule has 1 saturated heterocycles. The van der Waals surface area contributed by atoms with Gasteiger partial charge in [-0.05, 0) is 45.8 Å². The van der Waals surface area contributed by atoms with Crippen molar-refractivity contribution in [3.8, 4) is 0 Å². The van der Waals surface area contributed by atoms with Gasteiger partial charge in [-0.15, -0.1) is 6.58 Å². The lowest BCUT2D eigenvalue weighted by molar-refractivity contribution is -0.409. The summed E-state index contributed by atoms with van der Waals surface area (Å²) in [6.07, 6.45) is 5.61. The van der Waals surface area contributed by atoms with Crippen molar-refractivity contribution in [1.29, 1.82) is 0 Å². The molecule has 0 spiro atoms. The van der Waals surface area contributed by atoms with Gasteiger partial charge in [0, 0.05) is 5.57 Å². The van der Waals surface area contributed by atoms with Crippen LogP contribution in [0.1, 0.15) is 33.6 Å². The molecule has 2 aliphatic rings. The molecule has 3 atom stereocenters. The highest BCUT2D eigenvalue weighted by molar-refractivity contribution is 5.92. The van der Waals surface area contributed by atoms with Crippen LogP contribution in [0.2, 0.25) is 0 Å². The Labute approximate surface area is 118 Å². The molecule has 5 heteroatoms. The van der Waals surface area contributed by atoms with Gasteiger partial charge in [-0.2, -0.15) is 0 Å². The van der Waals surface area contributed by atoms with Crippen LogP contribution in [0.5, 0.6) is 0 Å². The number of rotatable bonds is 3. The Balaban J connectivity index is 2.04. The van der Waals surface area contributed by atoms with Gasteiger partial charge in [0.15, 0.2) is 0 Å². The van der Waals surface area contributed by atoms with Crippen molar-refractivity contribution in [1.82, 2.24) is 0 Å². The van der Waals surface area contributed by atoms with Crippen molar-refractivity contribution in [3.05, 3.63) is 36.1 Å². The summed E-state index contributed by atoms with van der Waals surface area (Å²) in [5, 5.41) is 10.1. The predicted octanol–water partition coefficient (Wildman–Crippen LogP) is 2.18. The summed E-state index contributed by atoms with van der Waals surface area (Å²) in [5.74, 6) is 0.122. The van der Waals surface area contributed by atoms with E-state index < -0.39 is 17.3 Å². The maximum atomic E-state index is 11.3. The lowest BCUT2D eigenvalue weighted by atomic mass is 9.89. The Bertz CT molecular complexity index is 478. The van der Waals surface area contributed by atoms with Crippen molar-refractivity contribution in [3.63, 3.8) is 0 Å². The summed E-state index contributed by atoms with van der Waals surface area (Å²) in [4.78, 5) is 22.0. The zero-order chi connectivity index (χ0) is 15.0. The van der Waals surface area contributed by atoms with Crippen LogP contribution in [0, 0.1) is 0 Å². The molecule has 0 aliphatic carbocycles. The fourth-order valence-corrected chi connectivity index (χ4v) is 2.15. The number of carbonyl (C=O) groups excluding carboxylic acids is 1. The third-order valence-corrected chi connectivity index (χ3v) is 3.66. The number of ether oxygens (including phenoxy) is 1. The summed E-state index contributed by atoms with van der Waals surface area (Å²) in [6, 6.07) is 0. The van der Waals surface area contributed by atoms with Crippen LogP contribution in [0.4, 0.5) is 0 Å². The second-order valence-corrected chi connectivity index (χ2v) is 5.71. The number of esters is 1. The van der Waals surface area contributed by atoms with Crippen LogP contribution in [0.3, 0.4) is 0 Å². The van der Waals surface area contributed by atoms with Crippen LogP contribution < -0.4 is 0 Å². The number of hydrogen-bond acceptors (Lipinski definition) is 5. The predicted molar refractivity (Wildman–Crippen MR) is 72.3 cm³/mol. The first-order valence-corrected chi connectivity index (χ1v) is 6.59. The highest BCUT2D eigenvalue weighted by Gasteiger charge is 2.40. The molecule has 2 rings (SSSR count). The number of aliphatic hydroxyl groups is 1. The molecule has 2 heterocycles. The standard InChI is InChI=1S/C15H20O5/c1-5-15(4,17)12-6-7-14(3,20-19-12)9-11-8-10(2)13(16)18-11/h5,8-9,12,17H,1,6-7H2,2-4H3/b11-9-/t12-,14-,15?/m0/s1. The summed E-state index contributed by atoms with van der Waals surface area (Å²) >= 11 is 0. The molecule has 110 valence electrons. The number of allylic oxidation sites excluding steroid dienone is 1. The van der Waals surface area contributed by atoms with Gasteiger partial charge in [0.25, 0.3) is 0 Å². The number of cyclic esters (lactones) is 1. The van der Waals surface area contributed by atoms with E-state index >= 15 is 0 Å². The third-order valence-electron chi connectivity index (χ3n) is 3.66. The van der Waals surface area contributed by atoms with E-state index in [0.29, 0.717) is 24.2 Å². The topological polar surface area (TPSA) is 65.0 Å². The van der Waals surface area contributed by atoms with Gasteiger partial charge in [-0.3, -0.25) is 0 Å². The third kappa shape index (κ3) is 3.00. The highest BCUT2D eigenvalue weighted by Crippen LogP contribution is 2.34. The van der Waals surface area contributed by atoms with E-state index in [1.807, 2.05) is 6.92 Å². The van der Waals surface area contributed by atoms with Gasteiger partial charge < -0.3 is 9.84 Å². The van der Waals surface area contributed by atoms with Crippen LogP contribution >= 0.6 is 0 Å². The zero-order valence-electron chi connectivity index (χ0n) is 12.0. The smallest absolute Gasteiger partial charge is 0.339 e. The molecule has 0 aromatic carbocycles. The average molecular weight is 280 g/mol. The quantitative estimate of drug-likeness (QED) is 0.487. The Morgan fingerprint density at radius 1 is 1.60 bits per heavy atom. The van der Waals surface area contributed by atoms with Crippen molar-refractivity contribution in [2.45, 2.75) is 50.9 Å². The molecule has 5 nitrogen and oxygen atoms in total. The zero-order valence-corrected chi connectivity index (χ0v) is 12.0. The first kappa shape index (κ1) is 15.0. The number of carbonyl (C=O) groups is 1. The summed E-state index contributed by atoms with van der Waals surface area (Å²) in [6.45, 7) is 8.74. The molecule has 0 saturated carbocycles. The van der Waals surface area contributed by atoms with E-state index in [0.717, 1.165) is 0 Å². The summed E-state index contributed by atoms with van der Waals surface area (Å²) in [5.41, 5.74) is -1.26. The van der Waals surface area contributed by atoms with E-state index in [1.54, 1.807) is 26.0 Å². The van der Waals surface area contributed by atoms with Gasteiger partial charge in [-0.1, -0.05) is 6.08 Å². The first-order chi connectivity index (χ1) is 9.26. The normalized spacial score (nSPS) is 35.4. The van der Waals surface area contributed by atoms with Crippen molar-refractivity contribution >= 4 is 5.97 Å². The minimum absolute atomic E-state index is 0.343. The molecule has 1 unspecified atom stereocenters. The number of hydrogen-bond donors (Lipinski definition) is 1. The van der Waals surface area contributed by atoms with Crippen LogP contribution in [-0.4, -0.2) is 28.4 Å². The molecule has 0 aromatic rings. The molecule has 2 aliphatic heterocycles. The van der Waals surface area contributed by atoms with Gasteiger partial charge in [0.05, 0.1) is 0 Å². The fraction of sp³-hybridized carbons (Fsp3) is 0.533. The maximum Gasteiger partial charge on any atom is 0.339 e. The van der Waals surface area contributed by atoms with Crippen LogP contribution in [0.15, 0.2) is 36.1 Å². The molecular weight excluding hydrogens is 260 g/mol. The van der Waals surface area contributed by atoms with Crippen molar-refractivity contribution < 1.29 is 24.4 Å². The second kappa shape index (κ2) is 5.16. The monoisotopic (exact) mass is 280 g/mol. The average Bonchev–Trinajstić information content (AvgIpc) is 2.68. The largest absolute Gasteiger partial charge is 0.423 e. The second-order valence-electron chi connectivity index (χ2n) is 5.71. The maximum absolute atomic E-state index is 11.3. The molecule has 0 bridgehead atoms. The van der Waals surface area contributed by atoms with Gasteiger partial charge in [0.1, 0.15) is 23.1 Å². The Morgan fingerprint density at radius 2 is 2.30 bits per heavy atom. The SMILES string of the molecule is C=CC(C)(O)[C@@H]1CC[C@@](C)(/C=C2/C=C(C)C(=O)O2)OO1. The Morgan fingerprint density at radius 3 is 2.75 bits per heavy atom. The van der Waals surface area contributed by atoms with Gasteiger partial charge >= 0.3 is 5.97 Å². The Kier molecular flexibility index (Phi) is 3.86. The van der Waals surface area contributed by atoms with E-state index in [1.165, 1.54) is 6.08 Å². The molecular formula is C15H20O5. The first-order valence-electron chi connectivity index (χ1n) is 6.59. The van der Waals surface area contributed by atoms with Gasteiger partial charge in [0.2, 0.25) is 0 Å². The van der Waals surface area contributed by atoms with E-state index in [9.17, 15) is 9.90 Å². The Hall–Kier alpha value is -1.43. The van der Waals surface area contributed by atoms with Crippen molar-refractivity contribution in [2.75, 3.05) is 0 Å². The molecule has 20 heavy (non-hydrogen) atoms.